The van der Waals surface area contributed by atoms with Crippen LogP contribution in [0.4, 0.5) is 0 Å². The maximum absolute atomic E-state index is 11.0. The number of imide groups is 1. The molecule has 0 bridgehead atoms. The Labute approximate surface area is 82.5 Å². The second-order valence-electron chi connectivity index (χ2n) is 2.70. The van der Waals surface area contributed by atoms with Gasteiger partial charge in [0.1, 0.15) is 0 Å². The Balaban J connectivity index is 0.00000144. The van der Waals surface area contributed by atoms with Gasteiger partial charge in [0, 0.05) is 25.9 Å². The maximum Gasteiger partial charge on any atom is 0.229 e. The number of nitrogens with one attached hydrogen (secondary N) is 1. The number of carbonyl (C=O) groups is 2. The molecule has 2 N–H and O–H groups in total. The third-order valence-electron chi connectivity index (χ3n) is 1.83. The Kier molecular flexibility index (Phi) is 5.61. The van der Waals surface area contributed by atoms with Gasteiger partial charge in [-0.05, 0) is 6.42 Å². The normalized spacial score (nSPS) is 16.2. The minimum absolute atomic E-state index is 0. The van der Waals surface area contributed by atoms with Crippen LogP contribution in [-0.4, -0.2) is 35.0 Å². The quantitative estimate of drug-likeness (QED) is 0.386. The molecule has 1 saturated heterocycles. The van der Waals surface area contributed by atoms with Gasteiger partial charge >= 0.3 is 0 Å². The van der Waals surface area contributed by atoms with Crippen molar-refractivity contribution in [1.29, 1.82) is 0 Å². The first kappa shape index (κ1) is 12.3. The van der Waals surface area contributed by atoms with E-state index in [-0.39, 0.29) is 24.2 Å². The summed E-state index contributed by atoms with van der Waals surface area (Å²) in [5.41, 5.74) is 1.97. The highest BCUT2D eigenvalue weighted by atomic mass is 35.5. The molecule has 0 aliphatic carbocycles. The Morgan fingerprint density at radius 3 is 2.31 bits per heavy atom. The lowest BCUT2D eigenvalue weighted by Crippen LogP contribution is -2.31. The van der Waals surface area contributed by atoms with Gasteiger partial charge in [-0.3, -0.25) is 14.5 Å². The average Bonchev–Trinajstić information content (AvgIpc) is 2.35. The van der Waals surface area contributed by atoms with E-state index in [0.717, 1.165) is 0 Å². The second kappa shape index (κ2) is 5.90. The average molecular weight is 209 g/mol. The van der Waals surface area contributed by atoms with E-state index in [9.17, 15) is 9.59 Å². The third-order valence-corrected chi connectivity index (χ3v) is 1.83. The molecule has 0 saturated carbocycles. The highest BCUT2D eigenvalue weighted by Gasteiger charge is 2.27. The van der Waals surface area contributed by atoms with Crippen LogP contribution >= 0.6 is 12.4 Å². The van der Waals surface area contributed by atoms with Crippen LogP contribution in [0.2, 0.25) is 0 Å². The lowest BCUT2D eigenvalue weighted by atomic mass is 10.4. The Morgan fingerprint density at radius 2 is 1.85 bits per heavy atom. The molecule has 5 nitrogen and oxygen atoms in total. The molecule has 1 heterocycles. The van der Waals surface area contributed by atoms with Crippen molar-refractivity contribution >= 4 is 24.2 Å². The Bertz CT molecular complexity index is 182. The third kappa shape index (κ3) is 3.30. The number of rotatable bonds is 4. The van der Waals surface area contributed by atoms with E-state index >= 15 is 0 Å². The molecule has 1 rings (SSSR count). The van der Waals surface area contributed by atoms with Crippen LogP contribution in [-0.2, 0) is 9.59 Å². The van der Waals surface area contributed by atoms with Crippen LogP contribution in [0.25, 0.3) is 0 Å². The van der Waals surface area contributed by atoms with E-state index in [1.54, 1.807) is 0 Å². The molecule has 0 unspecified atom stereocenters. The lowest BCUT2D eigenvalue weighted by molar-refractivity contribution is -0.138. The number of carbonyl (C=O) groups excluding carboxylic acids is 2. The Hall–Kier alpha value is -0.650. The first-order valence-electron chi connectivity index (χ1n) is 3.96. The largest absolute Gasteiger partial charge is 0.317 e. The number of halogens is 1. The van der Waals surface area contributed by atoms with Crippen molar-refractivity contribution in [2.75, 3.05) is 13.1 Å². The standard InChI is InChI=1S/C7H12N2O3.ClH/c10-6-2-3-7(11)9(6)5-1-4-8-12;/h8,12H,1-5H2;1H. The van der Waals surface area contributed by atoms with Crippen molar-refractivity contribution in [2.24, 2.45) is 0 Å². The van der Waals surface area contributed by atoms with Crippen molar-refractivity contribution in [1.82, 2.24) is 10.4 Å². The van der Waals surface area contributed by atoms with Crippen LogP contribution in [0.3, 0.4) is 0 Å². The highest BCUT2D eigenvalue weighted by Crippen LogP contribution is 2.11. The number of hydrogen-bond donors (Lipinski definition) is 2. The van der Waals surface area contributed by atoms with E-state index in [1.807, 2.05) is 5.48 Å². The summed E-state index contributed by atoms with van der Waals surface area (Å²) >= 11 is 0. The number of amides is 2. The van der Waals surface area contributed by atoms with Gasteiger partial charge < -0.3 is 5.21 Å². The zero-order chi connectivity index (χ0) is 8.97. The summed E-state index contributed by atoms with van der Waals surface area (Å²) in [6, 6.07) is 0. The van der Waals surface area contributed by atoms with Gasteiger partial charge in [-0.2, -0.15) is 0 Å². The van der Waals surface area contributed by atoms with Gasteiger partial charge in [0.2, 0.25) is 11.8 Å². The minimum atomic E-state index is -0.0991. The predicted octanol–water partition coefficient (Wildman–Crippen LogP) is -0.0739. The SMILES string of the molecule is Cl.O=C1CCC(=O)N1CCCNO. The first-order chi connectivity index (χ1) is 5.75. The molecule has 1 aliphatic heterocycles. The zero-order valence-electron chi connectivity index (χ0n) is 7.15. The molecule has 13 heavy (non-hydrogen) atoms. The summed E-state index contributed by atoms with van der Waals surface area (Å²) in [6.07, 6.45) is 1.27. The second-order valence-corrected chi connectivity index (χ2v) is 2.70. The van der Waals surface area contributed by atoms with Crippen LogP contribution in [0.5, 0.6) is 0 Å². The van der Waals surface area contributed by atoms with E-state index in [4.69, 9.17) is 5.21 Å². The summed E-state index contributed by atoms with van der Waals surface area (Å²) in [7, 11) is 0. The monoisotopic (exact) mass is 208 g/mol. The van der Waals surface area contributed by atoms with Crippen molar-refractivity contribution in [3.63, 3.8) is 0 Å². The molecule has 6 heteroatoms. The Morgan fingerprint density at radius 1 is 1.31 bits per heavy atom. The molecule has 2 amide bonds. The molecule has 0 aromatic rings. The highest BCUT2D eigenvalue weighted by molar-refractivity contribution is 6.01. The fourth-order valence-corrected chi connectivity index (χ4v) is 1.19. The van der Waals surface area contributed by atoms with Crippen molar-refractivity contribution in [3.05, 3.63) is 0 Å². The summed E-state index contributed by atoms with van der Waals surface area (Å²) < 4.78 is 0. The molecule has 1 aliphatic rings. The van der Waals surface area contributed by atoms with E-state index in [0.29, 0.717) is 32.4 Å². The van der Waals surface area contributed by atoms with Gasteiger partial charge in [0.15, 0.2) is 0 Å². The number of nitrogens with zero attached hydrogens (tertiary/aromatic N) is 1. The first-order valence-corrected chi connectivity index (χ1v) is 3.96. The van der Waals surface area contributed by atoms with E-state index in [2.05, 4.69) is 0 Å². The predicted molar refractivity (Wildman–Crippen MR) is 47.6 cm³/mol. The zero-order valence-corrected chi connectivity index (χ0v) is 7.97. The van der Waals surface area contributed by atoms with Gasteiger partial charge in [0.05, 0.1) is 0 Å². The molecule has 0 aromatic heterocycles. The van der Waals surface area contributed by atoms with Crippen LogP contribution in [0, 0.1) is 0 Å². The lowest BCUT2D eigenvalue weighted by Gasteiger charge is -2.12. The van der Waals surface area contributed by atoms with Crippen molar-refractivity contribution in [2.45, 2.75) is 19.3 Å². The topological polar surface area (TPSA) is 69.6 Å². The van der Waals surface area contributed by atoms with Crippen molar-refractivity contribution in [3.8, 4) is 0 Å². The van der Waals surface area contributed by atoms with E-state index in [1.165, 1.54) is 4.90 Å². The molecule has 0 aromatic carbocycles. The van der Waals surface area contributed by atoms with Gasteiger partial charge in [-0.1, -0.05) is 0 Å². The smallest absolute Gasteiger partial charge is 0.229 e. The van der Waals surface area contributed by atoms with Gasteiger partial charge in [-0.25, -0.2) is 5.48 Å². The maximum atomic E-state index is 11.0. The van der Waals surface area contributed by atoms with Crippen LogP contribution < -0.4 is 5.48 Å². The number of hydrogen-bond acceptors (Lipinski definition) is 4. The molecular formula is C7H13ClN2O3. The molecular weight excluding hydrogens is 196 g/mol. The molecule has 0 atom stereocenters. The van der Waals surface area contributed by atoms with Gasteiger partial charge in [0.25, 0.3) is 0 Å². The molecule has 76 valence electrons. The number of hydroxylamine groups is 1. The fraction of sp³-hybridized carbons (Fsp3) is 0.714. The van der Waals surface area contributed by atoms with Gasteiger partial charge in [-0.15, -0.1) is 12.4 Å². The molecule has 1 fully saturated rings. The number of likely N-dealkylation sites (tertiary alicyclic amines) is 1. The molecule has 0 spiro atoms. The summed E-state index contributed by atoms with van der Waals surface area (Å²) in [6.45, 7) is 0.808. The van der Waals surface area contributed by atoms with Crippen molar-refractivity contribution < 1.29 is 14.8 Å². The van der Waals surface area contributed by atoms with Crippen LogP contribution in [0.1, 0.15) is 19.3 Å². The summed E-state index contributed by atoms with van der Waals surface area (Å²) in [5.74, 6) is -0.198. The fourth-order valence-electron chi connectivity index (χ4n) is 1.19. The molecule has 0 radical (unpaired) electrons. The van der Waals surface area contributed by atoms with Crippen LogP contribution in [0.15, 0.2) is 0 Å². The summed E-state index contributed by atoms with van der Waals surface area (Å²) in [5, 5.41) is 8.23. The van der Waals surface area contributed by atoms with E-state index < -0.39 is 0 Å². The minimum Gasteiger partial charge on any atom is -0.317 e. The summed E-state index contributed by atoms with van der Waals surface area (Å²) in [4.78, 5) is 23.2.